The maximum Gasteiger partial charge on any atom is 0.145 e. The van der Waals surface area contributed by atoms with Crippen LogP contribution in [0, 0.1) is 0 Å². The van der Waals surface area contributed by atoms with E-state index in [2.05, 4.69) is 279 Å². The van der Waals surface area contributed by atoms with Crippen molar-refractivity contribution in [3.63, 3.8) is 0 Å². The van der Waals surface area contributed by atoms with Gasteiger partial charge >= 0.3 is 0 Å². The second kappa shape index (κ2) is 17.8. The van der Waals surface area contributed by atoms with E-state index in [0.717, 1.165) is 34.0 Å². The van der Waals surface area contributed by atoms with Crippen molar-refractivity contribution in [1.29, 1.82) is 0 Å². The Hall–Kier alpha value is -10.4. The average molecular weight is 1020 g/mol. The smallest absolute Gasteiger partial charge is 0.145 e. The molecule has 0 fully saturated rings. The van der Waals surface area contributed by atoms with E-state index in [0.29, 0.717) is 0 Å². The second-order valence-electron chi connectivity index (χ2n) is 21.4. The number of aromatic nitrogens is 2. The fourth-order valence-corrected chi connectivity index (χ4v) is 13.9. The highest BCUT2D eigenvalue weighted by Gasteiger charge is 2.51. The molecule has 0 radical (unpaired) electrons. The van der Waals surface area contributed by atoms with E-state index in [4.69, 9.17) is 4.98 Å². The van der Waals surface area contributed by atoms with E-state index >= 15 is 0 Å². The lowest BCUT2D eigenvalue weighted by molar-refractivity contribution is 0.794. The van der Waals surface area contributed by atoms with Crippen LogP contribution in [-0.2, 0) is 5.41 Å². The van der Waals surface area contributed by atoms with Crippen molar-refractivity contribution in [1.82, 2.24) is 9.55 Å². The molecule has 2 aliphatic rings. The highest BCUT2D eigenvalue weighted by atomic mass is 15.1. The third-order valence-electron chi connectivity index (χ3n) is 17.3. The average Bonchev–Trinajstić information content (AvgIpc) is 4.33. The number of hydrogen-bond acceptors (Lipinski definition) is 1. The molecule has 0 N–H and O–H groups in total. The number of hydrogen-bond donors (Lipinski definition) is 0. The van der Waals surface area contributed by atoms with Crippen LogP contribution >= 0.6 is 0 Å². The summed E-state index contributed by atoms with van der Waals surface area (Å²) in [7, 11) is 0. The predicted molar refractivity (Wildman–Crippen MR) is 337 cm³/mol. The Morgan fingerprint density at radius 1 is 0.312 bits per heavy atom. The molecule has 0 amide bonds. The zero-order chi connectivity index (χ0) is 53.1. The molecule has 1 spiro atoms. The van der Waals surface area contributed by atoms with Crippen LogP contribution in [0.25, 0.3) is 139 Å². The van der Waals surface area contributed by atoms with Crippen LogP contribution in [0.4, 0.5) is 0 Å². The first-order valence-corrected chi connectivity index (χ1v) is 27.6. The Kier molecular flexibility index (Phi) is 10.2. The SMILES string of the molecule is C=Cc1nc(-c2cccc(-c3c4ccccc4c(-c4ccc5cc(-c6ccc7cc(-c8ccc9c(c8)C8(c%10ccccc%10-c%10ccccc%108)c8ccccc8-9)ccc7c6)ccc5c4)c4ccccc34)c2)n(-c2ccccc2)c1C=C. The summed E-state index contributed by atoms with van der Waals surface area (Å²) in [5.41, 5.74) is 23.8. The van der Waals surface area contributed by atoms with Gasteiger partial charge in [-0.2, -0.15) is 0 Å². The molecule has 0 aliphatic heterocycles. The Labute approximate surface area is 465 Å². The first-order valence-electron chi connectivity index (χ1n) is 27.6. The highest BCUT2D eigenvalue weighted by Crippen LogP contribution is 2.63. The molecule has 0 unspecified atom stereocenters. The maximum absolute atomic E-state index is 5.14. The Morgan fingerprint density at radius 2 is 0.713 bits per heavy atom. The van der Waals surface area contributed by atoms with Gasteiger partial charge in [-0.1, -0.05) is 232 Å². The summed E-state index contributed by atoms with van der Waals surface area (Å²) in [6, 6.07) is 99.0. The topological polar surface area (TPSA) is 17.8 Å². The van der Waals surface area contributed by atoms with Crippen LogP contribution in [0.5, 0.6) is 0 Å². The Morgan fingerprint density at radius 3 is 1.21 bits per heavy atom. The van der Waals surface area contributed by atoms with Crippen molar-refractivity contribution >= 4 is 55.2 Å². The van der Waals surface area contributed by atoms with Crippen LogP contribution in [0.15, 0.2) is 280 Å². The van der Waals surface area contributed by atoms with Crippen LogP contribution in [-0.4, -0.2) is 9.55 Å². The minimum Gasteiger partial charge on any atom is -0.292 e. The van der Waals surface area contributed by atoms with Gasteiger partial charge in [0.15, 0.2) is 0 Å². The van der Waals surface area contributed by atoms with Crippen LogP contribution in [0.1, 0.15) is 33.6 Å². The molecule has 1 aromatic heterocycles. The van der Waals surface area contributed by atoms with Gasteiger partial charge in [0.2, 0.25) is 0 Å². The monoisotopic (exact) mass is 1010 g/mol. The van der Waals surface area contributed by atoms with Gasteiger partial charge in [-0.25, -0.2) is 4.98 Å². The molecule has 80 heavy (non-hydrogen) atoms. The second-order valence-corrected chi connectivity index (χ2v) is 21.4. The zero-order valence-corrected chi connectivity index (χ0v) is 43.9. The van der Waals surface area contributed by atoms with Gasteiger partial charge in [0.1, 0.15) is 5.82 Å². The van der Waals surface area contributed by atoms with Crippen LogP contribution in [0.2, 0.25) is 0 Å². The molecule has 2 aliphatic carbocycles. The van der Waals surface area contributed by atoms with E-state index < -0.39 is 0 Å². The molecule has 16 rings (SSSR count). The minimum atomic E-state index is -0.365. The molecule has 372 valence electrons. The summed E-state index contributed by atoms with van der Waals surface area (Å²) in [4.78, 5) is 5.14. The predicted octanol–water partition coefficient (Wildman–Crippen LogP) is 20.4. The van der Waals surface area contributed by atoms with E-state index in [-0.39, 0.29) is 5.41 Å². The first-order chi connectivity index (χ1) is 39.6. The molecule has 2 nitrogen and oxygen atoms in total. The molecule has 0 saturated carbocycles. The summed E-state index contributed by atoms with van der Waals surface area (Å²) in [5.74, 6) is 0.844. The van der Waals surface area contributed by atoms with Crippen molar-refractivity contribution < 1.29 is 0 Å². The van der Waals surface area contributed by atoms with Crippen molar-refractivity contribution in [3.05, 3.63) is 314 Å². The molecule has 0 saturated heterocycles. The van der Waals surface area contributed by atoms with Gasteiger partial charge in [0.05, 0.1) is 16.8 Å². The lowest BCUT2D eigenvalue weighted by atomic mass is 9.70. The normalized spacial score (nSPS) is 12.7. The van der Waals surface area contributed by atoms with E-state index in [1.54, 1.807) is 0 Å². The fourth-order valence-electron chi connectivity index (χ4n) is 13.9. The number of nitrogens with zero attached hydrogens (tertiary/aromatic N) is 2. The van der Waals surface area contributed by atoms with Gasteiger partial charge in [-0.15, -0.1) is 0 Å². The number of rotatable bonds is 8. The third-order valence-corrected chi connectivity index (χ3v) is 17.3. The lowest BCUT2D eigenvalue weighted by Gasteiger charge is -2.30. The Balaban J connectivity index is 0.743. The first kappa shape index (κ1) is 45.8. The number of fused-ring (bicyclic) bond motifs is 14. The van der Waals surface area contributed by atoms with Gasteiger partial charge in [0.25, 0.3) is 0 Å². The van der Waals surface area contributed by atoms with Crippen LogP contribution in [0.3, 0.4) is 0 Å². The van der Waals surface area contributed by atoms with Gasteiger partial charge < -0.3 is 0 Å². The van der Waals surface area contributed by atoms with Crippen LogP contribution < -0.4 is 0 Å². The molecule has 2 heteroatoms. The van der Waals surface area contributed by atoms with Crippen molar-refractivity contribution in [3.8, 4) is 83.8 Å². The summed E-state index contributed by atoms with van der Waals surface area (Å²) < 4.78 is 2.18. The van der Waals surface area contributed by atoms with Crippen molar-refractivity contribution in [2.75, 3.05) is 0 Å². The third kappa shape index (κ3) is 6.69. The van der Waals surface area contributed by atoms with E-state index in [1.165, 1.54) is 127 Å². The van der Waals surface area contributed by atoms with E-state index in [1.807, 2.05) is 18.2 Å². The largest absolute Gasteiger partial charge is 0.292 e. The Bertz CT molecular complexity index is 4810. The summed E-state index contributed by atoms with van der Waals surface area (Å²) in [6.07, 6.45) is 3.68. The fraction of sp³-hybridized carbons (Fsp3) is 0.0128. The number of imidazole rings is 1. The van der Waals surface area contributed by atoms with Gasteiger partial charge in [0, 0.05) is 11.3 Å². The standard InChI is InChI=1S/C78H50N2/c1-3-73-74(4-2)80(60-21-6-5-7-22-60)77(79-73)59-20-18-19-57(47-59)75-65-26-8-10-28-67(65)76(68-29-11-9-27-66(68)75)58-40-39-53-44-51(36-38-55(53)46-58)49-33-34-52-45-54(37-35-50(52)43-49)56-41-42-64-63-25-14-17-32-71(63)78(72(64)48-56)69-30-15-12-23-61(69)62-24-13-16-31-70(62)78/h3-48H,1-2H2. The van der Waals surface area contributed by atoms with E-state index in [9.17, 15) is 0 Å². The highest BCUT2D eigenvalue weighted by molar-refractivity contribution is 6.22. The molecular weight excluding hydrogens is 965 g/mol. The number of benzene rings is 13. The maximum atomic E-state index is 5.14. The molecule has 13 aromatic carbocycles. The number of para-hydroxylation sites is 1. The zero-order valence-electron chi connectivity index (χ0n) is 43.9. The lowest BCUT2D eigenvalue weighted by Crippen LogP contribution is -2.25. The molecule has 14 aromatic rings. The molecule has 1 heterocycles. The summed E-state index contributed by atoms with van der Waals surface area (Å²) >= 11 is 0. The molecular formula is C78H50N2. The summed E-state index contributed by atoms with van der Waals surface area (Å²) in [5, 5.41) is 9.70. The molecule has 0 atom stereocenters. The van der Waals surface area contributed by atoms with Crippen molar-refractivity contribution in [2.45, 2.75) is 5.41 Å². The minimum absolute atomic E-state index is 0.365. The quantitative estimate of drug-likeness (QED) is 0.139. The van der Waals surface area contributed by atoms with Gasteiger partial charge in [-0.05, 0) is 193 Å². The van der Waals surface area contributed by atoms with Gasteiger partial charge in [-0.3, -0.25) is 4.57 Å². The van der Waals surface area contributed by atoms with Crippen molar-refractivity contribution in [2.24, 2.45) is 0 Å². The molecule has 0 bridgehead atoms. The summed E-state index contributed by atoms with van der Waals surface area (Å²) in [6.45, 7) is 8.27.